The first-order valence-electron chi connectivity index (χ1n) is 7.84. The summed E-state index contributed by atoms with van der Waals surface area (Å²) in [6.45, 7) is 1.46. The molecule has 0 aromatic heterocycles. The number of amides is 1. The molecule has 1 atom stereocenters. The molecule has 0 fully saturated rings. The average molecular weight is 374 g/mol. The third kappa shape index (κ3) is 4.94. The minimum absolute atomic E-state index is 0.00638. The van der Waals surface area contributed by atoms with Crippen molar-refractivity contribution in [2.45, 2.75) is 13.0 Å². The van der Waals surface area contributed by atoms with Gasteiger partial charge in [-0.15, -0.1) is 0 Å². The predicted octanol–water partition coefficient (Wildman–Crippen LogP) is 2.80. The molecule has 2 rings (SSSR count). The molecule has 0 unspecified atom stereocenters. The van der Waals surface area contributed by atoms with Gasteiger partial charge < -0.3 is 19.5 Å². The van der Waals surface area contributed by atoms with Crippen molar-refractivity contribution in [3.05, 3.63) is 58.1 Å². The first-order valence-corrected chi connectivity index (χ1v) is 7.84. The van der Waals surface area contributed by atoms with Gasteiger partial charge in [-0.2, -0.15) is 0 Å². The minimum atomic E-state index is -1.02. The summed E-state index contributed by atoms with van der Waals surface area (Å²) in [6, 6.07) is 10.3. The van der Waals surface area contributed by atoms with Gasteiger partial charge >= 0.3 is 11.7 Å². The van der Waals surface area contributed by atoms with Crippen LogP contribution in [0.25, 0.3) is 0 Å². The maximum atomic E-state index is 12.3. The number of hydrogen-bond acceptors (Lipinski definition) is 7. The van der Waals surface area contributed by atoms with E-state index in [-0.39, 0.29) is 11.3 Å². The van der Waals surface area contributed by atoms with Gasteiger partial charge in [0.2, 0.25) is 0 Å². The number of nitrogens with one attached hydrogen (secondary N) is 1. The zero-order chi connectivity index (χ0) is 20.0. The van der Waals surface area contributed by atoms with E-state index in [1.165, 1.54) is 33.3 Å². The molecule has 27 heavy (non-hydrogen) atoms. The second-order valence-corrected chi connectivity index (χ2v) is 5.41. The molecule has 2 aromatic carbocycles. The Hall–Kier alpha value is -3.62. The minimum Gasteiger partial charge on any atom is -0.497 e. The highest BCUT2D eigenvalue weighted by Crippen LogP contribution is 2.29. The van der Waals surface area contributed by atoms with Crippen molar-refractivity contribution in [1.82, 2.24) is 0 Å². The number of nitro groups is 1. The molecular formula is C18H18N2O7. The quantitative estimate of drug-likeness (QED) is 0.450. The number of nitro benzene ring substituents is 1. The molecule has 9 heteroatoms. The number of hydrogen-bond donors (Lipinski definition) is 1. The van der Waals surface area contributed by atoms with E-state index in [1.54, 1.807) is 24.3 Å². The summed E-state index contributed by atoms with van der Waals surface area (Å²) in [6.07, 6.45) is -1.02. The molecule has 1 N–H and O–H groups in total. The van der Waals surface area contributed by atoms with Crippen LogP contribution in [-0.2, 0) is 9.53 Å². The largest absolute Gasteiger partial charge is 0.497 e. The number of carbonyl (C=O) groups excluding carboxylic acids is 2. The molecule has 9 nitrogen and oxygen atoms in total. The zero-order valence-corrected chi connectivity index (χ0v) is 14.9. The molecule has 0 spiro atoms. The normalized spacial score (nSPS) is 11.2. The summed E-state index contributed by atoms with van der Waals surface area (Å²) in [5.41, 5.74) is 0.0840. The standard InChI is InChI=1S/C18H18N2O7/c1-11(17(21)19-13-5-7-14(25-2)8-6-13)27-16-9-4-12(18(22)26-3)10-15(16)20(23)24/h4-11H,1-3H3,(H,19,21)/t11-/m0/s1. The van der Waals surface area contributed by atoms with Gasteiger partial charge in [-0.25, -0.2) is 4.79 Å². The number of rotatable bonds is 7. The second kappa shape index (κ2) is 8.65. The number of esters is 1. The van der Waals surface area contributed by atoms with Crippen molar-refractivity contribution in [1.29, 1.82) is 0 Å². The first kappa shape index (κ1) is 19.7. The van der Waals surface area contributed by atoms with Crippen molar-refractivity contribution in [2.24, 2.45) is 0 Å². The van der Waals surface area contributed by atoms with E-state index < -0.39 is 28.6 Å². The number of anilines is 1. The molecule has 0 aliphatic carbocycles. The lowest BCUT2D eigenvalue weighted by Gasteiger charge is -2.15. The molecule has 0 aliphatic heterocycles. The summed E-state index contributed by atoms with van der Waals surface area (Å²) < 4.78 is 15.0. The van der Waals surface area contributed by atoms with Crippen LogP contribution in [0.15, 0.2) is 42.5 Å². The van der Waals surface area contributed by atoms with Crippen molar-refractivity contribution in [3.8, 4) is 11.5 Å². The third-order valence-corrected chi connectivity index (χ3v) is 3.61. The van der Waals surface area contributed by atoms with Gasteiger partial charge in [-0.1, -0.05) is 0 Å². The number of nitrogens with zero attached hydrogens (tertiary/aromatic N) is 1. The van der Waals surface area contributed by atoms with Crippen molar-refractivity contribution in [3.63, 3.8) is 0 Å². The fourth-order valence-electron chi connectivity index (χ4n) is 2.17. The molecule has 0 saturated carbocycles. The van der Waals surface area contributed by atoms with E-state index in [1.807, 2.05) is 0 Å². The number of carbonyl (C=O) groups is 2. The van der Waals surface area contributed by atoms with E-state index in [9.17, 15) is 19.7 Å². The summed E-state index contributed by atoms with van der Waals surface area (Å²) >= 11 is 0. The van der Waals surface area contributed by atoms with Crippen LogP contribution in [0.4, 0.5) is 11.4 Å². The van der Waals surface area contributed by atoms with Gasteiger partial charge in [0.1, 0.15) is 5.75 Å². The Labute approximate surface area is 155 Å². The Balaban J connectivity index is 2.13. The second-order valence-electron chi connectivity index (χ2n) is 5.41. The van der Waals surface area contributed by atoms with Crippen LogP contribution in [-0.4, -0.2) is 37.1 Å². The summed E-state index contributed by atoms with van der Waals surface area (Å²) in [5.74, 6) is -0.704. The topological polar surface area (TPSA) is 117 Å². The Morgan fingerprint density at radius 2 is 1.78 bits per heavy atom. The van der Waals surface area contributed by atoms with Crippen LogP contribution in [0.2, 0.25) is 0 Å². The van der Waals surface area contributed by atoms with Crippen LogP contribution in [0.3, 0.4) is 0 Å². The Morgan fingerprint density at radius 3 is 2.33 bits per heavy atom. The summed E-state index contributed by atoms with van der Waals surface area (Å²) in [7, 11) is 2.70. The smallest absolute Gasteiger partial charge is 0.338 e. The van der Waals surface area contributed by atoms with Gasteiger partial charge in [-0.3, -0.25) is 14.9 Å². The van der Waals surface area contributed by atoms with Crippen LogP contribution in [0.5, 0.6) is 11.5 Å². The maximum absolute atomic E-state index is 12.3. The lowest BCUT2D eigenvalue weighted by Crippen LogP contribution is -2.30. The molecule has 0 saturated heterocycles. The number of ether oxygens (including phenoxy) is 3. The Kier molecular flexibility index (Phi) is 6.32. The molecule has 142 valence electrons. The van der Waals surface area contributed by atoms with E-state index in [2.05, 4.69) is 10.1 Å². The van der Waals surface area contributed by atoms with Gasteiger partial charge in [-0.05, 0) is 43.3 Å². The molecule has 1 amide bonds. The predicted molar refractivity (Wildman–Crippen MR) is 96.1 cm³/mol. The van der Waals surface area contributed by atoms with Crippen LogP contribution < -0.4 is 14.8 Å². The monoisotopic (exact) mass is 374 g/mol. The number of benzene rings is 2. The lowest BCUT2D eigenvalue weighted by atomic mass is 10.2. The molecule has 2 aromatic rings. The third-order valence-electron chi connectivity index (χ3n) is 3.61. The number of methoxy groups -OCH3 is 2. The fraction of sp³-hybridized carbons (Fsp3) is 0.222. The summed E-state index contributed by atoms with van der Waals surface area (Å²) in [4.78, 5) is 34.3. The van der Waals surface area contributed by atoms with Crippen LogP contribution in [0, 0.1) is 10.1 Å². The highest BCUT2D eigenvalue weighted by molar-refractivity contribution is 5.94. The van der Waals surface area contributed by atoms with E-state index in [4.69, 9.17) is 9.47 Å². The SMILES string of the molecule is COC(=O)c1ccc(O[C@@H](C)C(=O)Nc2ccc(OC)cc2)c([N+](=O)[O-])c1. The zero-order valence-electron chi connectivity index (χ0n) is 14.9. The molecule has 0 bridgehead atoms. The van der Waals surface area contributed by atoms with Crippen molar-refractivity contribution in [2.75, 3.05) is 19.5 Å². The maximum Gasteiger partial charge on any atom is 0.338 e. The Bertz CT molecular complexity index is 849. The first-order chi connectivity index (χ1) is 12.8. The van der Waals surface area contributed by atoms with Gasteiger partial charge in [0, 0.05) is 11.8 Å². The van der Waals surface area contributed by atoms with Gasteiger partial charge in [0.25, 0.3) is 5.91 Å². The van der Waals surface area contributed by atoms with E-state index in [0.29, 0.717) is 11.4 Å². The highest BCUT2D eigenvalue weighted by Gasteiger charge is 2.23. The Morgan fingerprint density at radius 1 is 1.11 bits per heavy atom. The molecule has 0 radical (unpaired) electrons. The lowest BCUT2D eigenvalue weighted by molar-refractivity contribution is -0.386. The molecular weight excluding hydrogens is 356 g/mol. The van der Waals surface area contributed by atoms with Crippen LogP contribution in [0.1, 0.15) is 17.3 Å². The van der Waals surface area contributed by atoms with E-state index in [0.717, 1.165) is 6.07 Å². The fourth-order valence-corrected chi connectivity index (χ4v) is 2.17. The highest BCUT2D eigenvalue weighted by atomic mass is 16.6. The van der Waals surface area contributed by atoms with Crippen LogP contribution >= 0.6 is 0 Å². The van der Waals surface area contributed by atoms with Gasteiger partial charge in [0.05, 0.1) is 24.7 Å². The van der Waals surface area contributed by atoms with Crippen molar-refractivity contribution >= 4 is 23.3 Å². The van der Waals surface area contributed by atoms with Crippen molar-refractivity contribution < 1.29 is 28.7 Å². The average Bonchev–Trinajstić information content (AvgIpc) is 2.67. The van der Waals surface area contributed by atoms with E-state index >= 15 is 0 Å². The van der Waals surface area contributed by atoms with Gasteiger partial charge in [0.15, 0.2) is 11.9 Å². The molecule has 0 heterocycles. The molecule has 0 aliphatic rings. The summed E-state index contributed by atoms with van der Waals surface area (Å²) in [5, 5.41) is 13.9.